The van der Waals surface area contributed by atoms with Gasteiger partial charge in [0, 0.05) is 42.3 Å². The zero-order valence-corrected chi connectivity index (χ0v) is 20.5. The first-order chi connectivity index (χ1) is 16.1. The minimum absolute atomic E-state index is 0.0291. The molecule has 3 rings (SSSR count). The maximum absolute atomic E-state index is 14.8. The summed E-state index contributed by atoms with van der Waals surface area (Å²) in [6.07, 6.45) is 1.18. The normalized spacial score (nSPS) is 12.5. The Morgan fingerprint density at radius 2 is 2.03 bits per heavy atom. The summed E-state index contributed by atoms with van der Waals surface area (Å²) in [7, 11) is -3.05. The number of aliphatic hydroxyl groups excluding tert-OH is 1. The third-order valence-corrected chi connectivity index (χ3v) is 7.13. The van der Waals surface area contributed by atoms with Crippen molar-refractivity contribution in [2.45, 2.75) is 19.4 Å². The van der Waals surface area contributed by atoms with Crippen LogP contribution in [0.1, 0.15) is 34.5 Å². The number of carbonyl (C=O) groups is 1. The highest BCUT2D eigenvalue weighted by molar-refractivity contribution is 7.90. The number of hydrogen-bond acceptors (Lipinski definition) is 8. The number of halogens is 1. The number of aromatic nitrogens is 1. The van der Waals surface area contributed by atoms with Crippen LogP contribution in [0.4, 0.5) is 15.2 Å². The van der Waals surface area contributed by atoms with E-state index in [1.807, 2.05) is 0 Å². The van der Waals surface area contributed by atoms with Gasteiger partial charge in [-0.3, -0.25) is 4.79 Å². The maximum Gasteiger partial charge on any atom is 0.251 e. The Balaban J connectivity index is 1.80. The maximum atomic E-state index is 14.8. The number of aliphatic hydroxyl groups is 1. The van der Waals surface area contributed by atoms with Crippen LogP contribution in [0.5, 0.6) is 0 Å². The van der Waals surface area contributed by atoms with Gasteiger partial charge < -0.3 is 21.5 Å². The van der Waals surface area contributed by atoms with Gasteiger partial charge in [0.2, 0.25) is 0 Å². The molecule has 0 aliphatic carbocycles. The van der Waals surface area contributed by atoms with Gasteiger partial charge in [-0.05, 0) is 29.8 Å². The predicted octanol–water partition coefficient (Wildman–Crippen LogP) is 3.02. The number of anilines is 2. The first kappa shape index (κ1) is 25.8. The molecule has 182 valence electrons. The monoisotopic (exact) mass is 506 g/mol. The zero-order chi connectivity index (χ0) is 24.9. The van der Waals surface area contributed by atoms with Crippen molar-refractivity contribution in [3.63, 3.8) is 0 Å². The van der Waals surface area contributed by atoms with Crippen molar-refractivity contribution in [3.05, 3.63) is 65.1 Å². The lowest BCUT2D eigenvalue weighted by Gasteiger charge is -2.10. The second kappa shape index (κ2) is 11.0. The van der Waals surface area contributed by atoms with Crippen molar-refractivity contribution < 1.29 is 22.7 Å². The third-order valence-electron chi connectivity index (χ3n) is 5.10. The van der Waals surface area contributed by atoms with Crippen molar-refractivity contribution in [1.82, 2.24) is 10.3 Å². The fraction of sp³-hybridized carbons (Fsp3) is 0.304. The van der Waals surface area contributed by atoms with Crippen LogP contribution in [-0.4, -0.2) is 49.6 Å². The van der Waals surface area contributed by atoms with Crippen LogP contribution in [0.2, 0.25) is 0 Å². The van der Waals surface area contributed by atoms with Gasteiger partial charge >= 0.3 is 0 Å². The number of benzene rings is 1. The molecule has 0 saturated heterocycles. The molecule has 5 N–H and O–H groups in total. The summed E-state index contributed by atoms with van der Waals surface area (Å²) in [5.74, 6) is -0.812. The number of thiophene rings is 1. The average molecular weight is 507 g/mol. The van der Waals surface area contributed by atoms with E-state index in [1.165, 1.54) is 23.7 Å². The fourth-order valence-corrected chi connectivity index (χ4v) is 4.79. The van der Waals surface area contributed by atoms with E-state index < -0.39 is 21.6 Å². The molecular weight excluding hydrogens is 479 g/mol. The van der Waals surface area contributed by atoms with Crippen LogP contribution in [0.15, 0.2) is 42.5 Å². The summed E-state index contributed by atoms with van der Waals surface area (Å²) in [4.78, 5) is 17.0. The number of carbonyl (C=O) groups excluding carboxylic acids is 1. The highest BCUT2D eigenvalue weighted by Crippen LogP contribution is 2.38. The molecule has 0 bridgehead atoms. The smallest absolute Gasteiger partial charge is 0.251 e. The molecule has 1 amide bonds. The van der Waals surface area contributed by atoms with Crippen LogP contribution in [0.25, 0.3) is 10.4 Å². The van der Waals surface area contributed by atoms with Gasteiger partial charge in [-0.15, -0.1) is 11.3 Å². The molecule has 1 unspecified atom stereocenters. The Labute approximate surface area is 202 Å². The molecule has 11 heteroatoms. The van der Waals surface area contributed by atoms with Crippen LogP contribution in [0.3, 0.4) is 0 Å². The molecule has 2 aromatic heterocycles. The summed E-state index contributed by atoms with van der Waals surface area (Å²) in [5.41, 5.74) is 7.45. The van der Waals surface area contributed by atoms with Crippen molar-refractivity contribution in [3.8, 4) is 10.4 Å². The number of primary amides is 1. The van der Waals surface area contributed by atoms with E-state index in [1.54, 1.807) is 43.3 Å². The van der Waals surface area contributed by atoms with E-state index in [2.05, 4.69) is 15.6 Å². The van der Waals surface area contributed by atoms with Crippen molar-refractivity contribution in [2.75, 3.05) is 30.5 Å². The van der Waals surface area contributed by atoms with Crippen molar-refractivity contribution in [2.24, 2.45) is 5.73 Å². The number of rotatable bonds is 11. The van der Waals surface area contributed by atoms with Crippen LogP contribution in [-0.2, 0) is 16.4 Å². The quantitative estimate of drug-likeness (QED) is 0.294. The van der Waals surface area contributed by atoms with Gasteiger partial charge in [-0.2, -0.15) is 0 Å². The lowest BCUT2D eigenvalue weighted by molar-refractivity contribution is 0.100. The number of nitrogens with one attached hydrogen (secondary N) is 2. The molecule has 3 aromatic rings. The molecule has 8 nitrogen and oxygen atoms in total. The standard InChI is InChI=1S/C23H27FN4O4S2/c1-14(13-29)15-6-7-17(19(24)10-15)20-11-18(22(25)30)23(33-20)28-21-5-3-4-16(27-21)12-26-8-9-34(2,31)32/h3-7,10-11,14,26,29H,8-9,12-13H2,1-2H3,(H2,25,30)(H,27,28). The van der Waals surface area contributed by atoms with Gasteiger partial charge in [0.1, 0.15) is 26.5 Å². The lowest BCUT2D eigenvalue weighted by Crippen LogP contribution is -2.22. The molecular formula is C23H27FN4O4S2. The number of nitrogens with two attached hydrogens (primary N) is 1. The van der Waals surface area contributed by atoms with E-state index >= 15 is 0 Å². The predicted molar refractivity (Wildman–Crippen MR) is 133 cm³/mol. The minimum atomic E-state index is -3.05. The Hall–Kier alpha value is -2.86. The van der Waals surface area contributed by atoms with Crippen LogP contribution >= 0.6 is 11.3 Å². The van der Waals surface area contributed by atoms with Crippen LogP contribution in [0, 0.1) is 5.82 Å². The van der Waals surface area contributed by atoms with Crippen LogP contribution < -0.4 is 16.4 Å². The summed E-state index contributed by atoms with van der Waals surface area (Å²) in [6.45, 7) is 2.39. The Morgan fingerprint density at radius 3 is 2.68 bits per heavy atom. The summed E-state index contributed by atoms with van der Waals surface area (Å²) < 4.78 is 37.3. The lowest BCUT2D eigenvalue weighted by atomic mass is 9.99. The van der Waals surface area contributed by atoms with Crippen molar-refractivity contribution in [1.29, 1.82) is 0 Å². The highest BCUT2D eigenvalue weighted by atomic mass is 32.2. The zero-order valence-electron chi connectivity index (χ0n) is 18.8. The number of amides is 1. The molecule has 1 atom stereocenters. The van der Waals surface area contributed by atoms with E-state index in [4.69, 9.17) is 5.73 Å². The Bertz CT molecular complexity index is 1280. The largest absolute Gasteiger partial charge is 0.396 e. The fourth-order valence-electron chi connectivity index (χ4n) is 3.18. The molecule has 0 spiro atoms. The minimum Gasteiger partial charge on any atom is -0.396 e. The summed E-state index contributed by atoms with van der Waals surface area (Å²) >= 11 is 1.18. The highest BCUT2D eigenvalue weighted by Gasteiger charge is 2.18. The molecule has 1 aromatic carbocycles. The van der Waals surface area contributed by atoms with Gasteiger partial charge in [0.05, 0.1) is 17.0 Å². The van der Waals surface area contributed by atoms with Gasteiger partial charge in [0.15, 0.2) is 0 Å². The Kier molecular flexibility index (Phi) is 8.37. The number of hydrogen-bond donors (Lipinski definition) is 4. The Morgan fingerprint density at radius 1 is 1.26 bits per heavy atom. The molecule has 0 saturated carbocycles. The number of pyridine rings is 1. The second-order valence-corrected chi connectivity index (χ2v) is 11.3. The number of nitrogens with zero attached hydrogens (tertiary/aromatic N) is 1. The van der Waals surface area contributed by atoms with Gasteiger partial charge in [-0.25, -0.2) is 17.8 Å². The molecule has 0 fully saturated rings. The molecule has 0 radical (unpaired) electrons. The van der Waals surface area contributed by atoms with Gasteiger partial charge in [0.25, 0.3) is 5.91 Å². The summed E-state index contributed by atoms with van der Waals surface area (Å²) in [5, 5.41) is 15.9. The molecule has 0 aliphatic rings. The van der Waals surface area contributed by atoms with E-state index in [9.17, 15) is 22.7 Å². The SMILES string of the molecule is CC(CO)c1ccc(-c2cc(C(N)=O)c(Nc3cccc(CNCCS(C)(=O)=O)n3)s2)c(F)c1. The molecule has 0 aliphatic heterocycles. The average Bonchev–Trinajstić information content (AvgIpc) is 3.19. The first-order valence-corrected chi connectivity index (χ1v) is 13.4. The van der Waals surface area contributed by atoms with E-state index in [-0.39, 0.29) is 23.8 Å². The second-order valence-electron chi connectivity index (χ2n) is 7.99. The number of sulfone groups is 1. The van der Waals surface area contributed by atoms with Crippen molar-refractivity contribution >= 4 is 37.9 Å². The third kappa shape index (κ3) is 6.83. The topological polar surface area (TPSA) is 134 Å². The first-order valence-electron chi connectivity index (χ1n) is 10.5. The van der Waals surface area contributed by atoms with E-state index in [0.29, 0.717) is 45.6 Å². The van der Waals surface area contributed by atoms with Gasteiger partial charge in [-0.1, -0.05) is 25.1 Å². The summed E-state index contributed by atoms with van der Waals surface area (Å²) in [6, 6.07) is 11.6. The van der Waals surface area contributed by atoms with E-state index in [0.717, 1.165) is 0 Å². The molecule has 2 heterocycles. The molecule has 34 heavy (non-hydrogen) atoms.